The van der Waals surface area contributed by atoms with Gasteiger partial charge in [0.15, 0.2) is 16.7 Å². The van der Waals surface area contributed by atoms with E-state index in [1.807, 2.05) is 6.92 Å². The molecule has 0 aliphatic carbocycles. The lowest BCUT2D eigenvalue weighted by Crippen LogP contribution is -2.23. The number of phenolic OH excluding ortho intramolecular Hbond substituents is 1. The molecule has 2 rings (SSSR count). The number of thioether (sulfide) groups is 1. The second kappa shape index (κ2) is 6.00. The number of aromatic hydroxyl groups is 1. The first-order valence-electron chi connectivity index (χ1n) is 6.17. The zero-order valence-corrected chi connectivity index (χ0v) is 12.4. The van der Waals surface area contributed by atoms with Crippen LogP contribution in [0.4, 0.5) is 0 Å². The van der Waals surface area contributed by atoms with Gasteiger partial charge in [0.25, 0.3) is 5.91 Å². The van der Waals surface area contributed by atoms with Gasteiger partial charge in [-0.1, -0.05) is 12.1 Å². The maximum absolute atomic E-state index is 12.0. The predicted octanol–water partition coefficient (Wildman–Crippen LogP) is 2.32. The van der Waals surface area contributed by atoms with Crippen LogP contribution in [0.1, 0.15) is 12.5 Å². The topological polar surface area (TPSA) is 62.1 Å². The fourth-order valence-electron chi connectivity index (χ4n) is 1.82. The molecule has 1 fully saturated rings. The third kappa shape index (κ3) is 2.65. The Labute approximate surface area is 122 Å². The van der Waals surface area contributed by atoms with Crippen molar-refractivity contribution in [1.82, 2.24) is 4.90 Å². The Morgan fingerprint density at radius 3 is 2.85 bits per heavy atom. The van der Waals surface area contributed by atoms with Crippen molar-refractivity contribution in [1.29, 1.82) is 0 Å². The van der Waals surface area contributed by atoms with E-state index < -0.39 is 0 Å². The first kappa shape index (κ1) is 14.5. The molecule has 6 heteroatoms. The number of hydrogen-bond acceptors (Lipinski definition) is 5. The number of aliphatic imine (C=N–C) groups is 1. The average molecular weight is 292 g/mol. The Bertz CT molecular complexity index is 596. The van der Waals surface area contributed by atoms with Crippen molar-refractivity contribution in [3.05, 3.63) is 28.7 Å². The molecular weight excluding hydrogens is 276 g/mol. The average Bonchev–Trinajstić information content (AvgIpc) is 2.71. The van der Waals surface area contributed by atoms with E-state index in [1.165, 1.54) is 16.7 Å². The minimum absolute atomic E-state index is 0.0415. The van der Waals surface area contributed by atoms with Gasteiger partial charge in [-0.25, -0.2) is 0 Å². The van der Waals surface area contributed by atoms with Gasteiger partial charge < -0.3 is 9.84 Å². The molecule has 0 radical (unpaired) electrons. The van der Waals surface area contributed by atoms with Gasteiger partial charge in [0.2, 0.25) is 0 Å². The number of likely N-dealkylation sites (N-methyl/N-ethyl adjacent to an activating group) is 1. The second-order valence-electron chi connectivity index (χ2n) is 4.11. The molecule has 1 N–H and O–H groups in total. The molecule has 0 unspecified atom stereocenters. The van der Waals surface area contributed by atoms with Crippen LogP contribution >= 0.6 is 11.8 Å². The molecule has 0 bridgehead atoms. The highest BCUT2D eigenvalue weighted by Gasteiger charge is 2.30. The minimum Gasteiger partial charge on any atom is -0.504 e. The number of rotatable bonds is 3. The van der Waals surface area contributed by atoms with E-state index in [2.05, 4.69) is 4.99 Å². The quantitative estimate of drug-likeness (QED) is 0.869. The fraction of sp³-hybridized carbons (Fsp3) is 0.286. The van der Waals surface area contributed by atoms with E-state index in [9.17, 15) is 9.90 Å². The molecule has 0 saturated carbocycles. The van der Waals surface area contributed by atoms with E-state index in [0.29, 0.717) is 28.0 Å². The molecule has 1 saturated heterocycles. The summed E-state index contributed by atoms with van der Waals surface area (Å²) in [7, 11) is 3.32. The third-order valence-electron chi connectivity index (χ3n) is 2.81. The number of carbonyl (C=O) groups excluding carboxylic acids is 1. The van der Waals surface area contributed by atoms with E-state index >= 15 is 0 Å². The van der Waals surface area contributed by atoms with E-state index in [1.54, 1.807) is 38.4 Å². The van der Waals surface area contributed by atoms with Gasteiger partial charge >= 0.3 is 0 Å². The summed E-state index contributed by atoms with van der Waals surface area (Å²) in [6.45, 7) is 2.32. The highest BCUT2D eigenvalue weighted by molar-refractivity contribution is 8.18. The van der Waals surface area contributed by atoms with Crippen molar-refractivity contribution in [3.8, 4) is 11.5 Å². The summed E-state index contributed by atoms with van der Waals surface area (Å²) in [6, 6.07) is 5.20. The number of nitrogens with zero attached hydrogens (tertiary/aromatic N) is 2. The summed E-state index contributed by atoms with van der Waals surface area (Å²) in [6.07, 6.45) is 1.65. The Hall–Kier alpha value is -1.95. The maximum Gasteiger partial charge on any atom is 0.266 e. The largest absolute Gasteiger partial charge is 0.504 e. The molecular formula is C14H16N2O3S. The van der Waals surface area contributed by atoms with Gasteiger partial charge in [-0.05, 0) is 30.8 Å². The summed E-state index contributed by atoms with van der Waals surface area (Å²) in [4.78, 5) is 18.1. The van der Waals surface area contributed by atoms with Crippen LogP contribution in [0.5, 0.6) is 11.5 Å². The normalized spacial score (nSPS) is 19.1. The summed E-state index contributed by atoms with van der Waals surface area (Å²) in [5.74, 6) is 0.326. The number of para-hydroxylation sites is 1. The Kier molecular flexibility index (Phi) is 4.34. The first-order valence-corrected chi connectivity index (χ1v) is 6.99. The molecule has 1 amide bonds. The number of amides is 1. The highest BCUT2D eigenvalue weighted by Crippen LogP contribution is 2.36. The van der Waals surface area contributed by atoms with Crippen molar-refractivity contribution < 1.29 is 14.6 Å². The fourth-order valence-corrected chi connectivity index (χ4v) is 2.74. The number of benzene rings is 1. The van der Waals surface area contributed by atoms with Gasteiger partial charge in [-0.3, -0.25) is 14.7 Å². The number of hydrogen-bond donors (Lipinski definition) is 1. The molecule has 1 aliphatic rings. The van der Waals surface area contributed by atoms with Crippen molar-refractivity contribution >= 4 is 28.9 Å². The summed E-state index contributed by atoms with van der Waals surface area (Å²) < 4.78 is 5.33. The van der Waals surface area contributed by atoms with Crippen LogP contribution in [0.2, 0.25) is 0 Å². The smallest absolute Gasteiger partial charge is 0.266 e. The molecule has 1 heterocycles. The Balaban J connectivity index is 2.37. The maximum atomic E-state index is 12.0. The van der Waals surface area contributed by atoms with Crippen LogP contribution in [0.25, 0.3) is 6.08 Å². The SMILES string of the molecule is CCOc1cccc(/C=C2/SC(=NC)N(C)C2=O)c1O. The first-order chi connectivity index (χ1) is 9.58. The van der Waals surface area contributed by atoms with E-state index in [4.69, 9.17) is 4.74 Å². The lowest BCUT2D eigenvalue weighted by atomic mass is 10.1. The highest BCUT2D eigenvalue weighted by atomic mass is 32.2. The van der Waals surface area contributed by atoms with Gasteiger partial charge in [0.1, 0.15) is 0 Å². The van der Waals surface area contributed by atoms with Crippen molar-refractivity contribution in [2.24, 2.45) is 4.99 Å². The van der Waals surface area contributed by atoms with Crippen LogP contribution < -0.4 is 4.74 Å². The van der Waals surface area contributed by atoms with Crippen LogP contribution in [0.3, 0.4) is 0 Å². The van der Waals surface area contributed by atoms with Crippen LogP contribution in [-0.4, -0.2) is 41.8 Å². The summed E-state index contributed by atoms with van der Waals surface area (Å²) in [5, 5.41) is 10.8. The standard InChI is InChI=1S/C14H16N2O3S/c1-4-19-10-7-5-6-9(12(10)17)8-11-13(18)16(3)14(15-2)20-11/h5-8,17H,4H2,1-3H3/b11-8+,15-14?. The third-order valence-corrected chi connectivity index (χ3v) is 3.96. The van der Waals surface area contributed by atoms with Gasteiger partial charge in [0, 0.05) is 19.7 Å². The zero-order valence-electron chi connectivity index (χ0n) is 11.6. The van der Waals surface area contributed by atoms with E-state index in [0.717, 1.165) is 0 Å². The van der Waals surface area contributed by atoms with Crippen LogP contribution in [-0.2, 0) is 4.79 Å². The van der Waals surface area contributed by atoms with E-state index in [-0.39, 0.29) is 11.7 Å². The lowest BCUT2D eigenvalue weighted by molar-refractivity contribution is -0.121. The lowest BCUT2D eigenvalue weighted by Gasteiger charge is -2.08. The number of carbonyl (C=O) groups is 1. The number of amidine groups is 1. The van der Waals surface area contributed by atoms with Crippen molar-refractivity contribution in [3.63, 3.8) is 0 Å². The zero-order chi connectivity index (χ0) is 14.7. The monoisotopic (exact) mass is 292 g/mol. The number of phenols is 1. The molecule has 1 aromatic rings. The second-order valence-corrected chi connectivity index (χ2v) is 5.12. The number of ether oxygens (including phenoxy) is 1. The molecule has 106 valence electrons. The van der Waals surface area contributed by atoms with Gasteiger partial charge in [0.05, 0.1) is 11.5 Å². The van der Waals surface area contributed by atoms with Gasteiger partial charge in [-0.15, -0.1) is 0 Å². The minimum atomic E-state index is -0.128. The van der Waals surface area contributed by atoms with Crippen molar-refractivity contribution in [2.75, 3.05) is 20.7 Å². The molecule has 1 aliphatic heterocycles. The molecule has 0 atom stereocenters. The van der Waals surface area contributed by atoms with Gasteiger partial charge in [-0.2, -0.15) is 0 Å². The molecule has 1 aromatic carbocycles. The van der Waals surface area contributed by atoms with Crippen LogP contribution in [0.15, 0.2) is 28.1 Å². The molecule has 0 aromatic heterocycles. The molecule has 20 heavy (non-hydrogen) atoms. The Morgan fingerprint density at radius 1 is 1.50 bits per heavy atom. The van der Waals surface area contributed by atoms with Crippen LogP contribution in [0, 0.1) is 0 Å². The summed E-state index contributed by atoms with van der Waals surface area (Å²) >= 11 is 1.29. The molecule has 5 nitrogen and oxygen atoms in total. The Morgan fingerprint density at radius 2 is 2.25 bits per heavy atom. The molecule has 0 spiro atoms. The van der Waals surface area contributed by atoms with Crippen molar-refractivity contribution in [2.45, 2.75) is 6.92 Å². The summed E-state index contributed by atoms with van der Waals surface area (Å²) in [5.41, 5.74) is 0.553. The predicted molar refractivity (Wildman–Crippen MR) is 81.0 cm³/mol.